The molecule has 1 aromatic rings. The molecular formula is C13H19N3O3. The molecule has 1 aliphatic heterocycles. The fraction of sp³-hybridized carbons (Fsp3) is 0.769. The summed E-state index contributed by atoms with van der Waals surface area (Å²) in [6.07, 6.45) is 5.58. The van der Waals surface area contributed by atoms with E-state index in [0.717, 1.165) is 12.8 Å². The molecule has 2 heterocycles. The lowest BCUT2D eigenvalue weighted by atomic mass is 9.79. The molecule has 1 saturated heterocycles. The molecule has 0 unspecified atom stereocenters. The van der Waals surface area contributed by atoms with Crippen LogP contribution < -0.4 is 5.32 Å². The van der Waals surface area contributed by atoms with Crippen LogP contribution in [0.5, 0.6) is 0 Å². The van der Waals surface area contributed by atoms with Gasteiger partial charge in [-0.05, 0) is 38.8 Å². The Labute approximate surface area is 111 Å². The molecule has 3 rings (SSSR count). The first-order valence-corrected chi connectivity index (χ1v) is 7.00. The normalized spacial score (nSPS) is 23.6. The Morgan fingerprint density at radius 2 is 2.00 bits per heavy atom. The van der Waals surface area contributed by atoms with Crippen molar-refractivity contribution >= 4 is 5.97 Å². The van der Waals surface area contributed by atoms with Crippen LogP contribution in [0.3, 0.4) is 0 Å². The highest BCUT2D eigenvalue weighted by molar-refractivity contribution is 5.80. The van der Waals surface area contributed by atoms with E-state index in [4.69, 9.17) is 4.52 Å². The van der Waals surface area contributed by atoms with Crippen LogP contribution in [0.4, 0.5) is 0 Å². The summed E-state index contributed by atoms with van der Waals surface area (Å²) in [5, 5.41) is 16.8. The third-order valence-electron chi connectivity index (χ3n) is 4.44. The van der Waals surface area contributed by atoms with E-state index in [2.05, 4.69) is 15.5 Å². The molecule has 0 atom stereocenters. The lowest BCUT2D eigenvalue weighted by molar-refractivity contribution is -0.146. The quantitative estimate of drug-likeness (QED) is 0.859. The summed E-state index contributed by atoms with van der Waals surface area (Å²) in [5.41, 5.74) is -0.991. The molecule has 2 fully saturated rings. The molecule has 0 spiro atoms. The van der Waals surface area contributed by atoms with Crippen LogP contribution >= 0.6 is 0 Å². The smallest absolute Gasteiger partial charge is 0.319 e. The van der Waals surface area contributed by atoms with Gasteiger partial charge in [0.05, 0.1) is 0 Å². The predicted octanol–water partition coefficient (Wildman–Crippen LogP) is 1.43. The fourth-order valence-corrected chi connectivity index (χ4v) is 3.15. The van der Waals surface area contributed by atoms with Gasteiger partial charge in [0.15, 0.2) is 5.82 Å². The van der Waals surface area contributed by atoms with Crippen LogP contribution in [0, 0.1) is 0 Å². The summed E-state index contributed by atoms with van der Waals surface area (Å²) in [6.45, 7) is 1.35. The monoisotopic (exact) mass is 265 g/mol. The SMILES string of the molecule is O=C(O)C1(c2nc(C3CCCC3)no2)CCNCC1. The van der Waals surface area contributed by atoms with E-state index in [-0.39, 0.29) is 0 Å². The average Bonchev–Trinajstić information content (AvgIpc) is 3.10. The molecule has 1 aromatic heterocycles. The summed E-state index contributed by atoms with van der Waals surface area (Å²) in [7, 11) is 0. The molecule has 2 aliphatic rings. The van der Waals surface area contributed by atoms with Gasteiger partial charge in [-0.1, -0.05) is 18.0 Å². The molecule has 0 radical (unpaired) electrons. The van der Waals surface area contributed by atoms with E-state index in [1.54, 1.807) is 0 Å². The maximum absolute atomic E-state index is 11.7. The van der Waals surface area contributed by atoms with Gasteiger partial charge in [0, 0.05) is 5.92 Å². The molecule has 6 heteroatoms. The van der Waals surface area contributed by atoms with Crippen molar-refractivity contribution in [3.63, 3.8) is 0 Å². The Bertz CT molecular complexity index is 459. The Kier molecular flexibility index (Phi) is 3.26. The number of rotatable bonds is 3. The van der Waals surface area contributed by atoms with E-state index in [1.807, 2.05) is 0 Å². The Hall–Kier alpha value is -1.43. The molecular weight excluding hydrogens is 246 g/mol. The number of hydrogen-bond donors (Lipinski definition) is 2. The first kappa shape index (κ1) is 12.6. The van der Waals surface area contributed by atoms with E-state index in [9.17, 15) is 9.90 Å². The van der Waals surface area contributed by atoms with Gasteiger partial charge in [-0.25, -0.2) is 0 Å². The predicted molar refractivity (Wildman–Crippen MR) is 66.9 cm³/mol. The molecule has 0 bridgehead atoms. The van der Waals surface area contributed by atoms with Gasteiger partial charge in [-0.2, -0.15) is 4.98 Å². The highest BCUT2D eigenvalue weighted by Crippen LogP contribution is 2.36. The number of piperidine rings is 1. The van der Waals surface area contributed by atoms with Gasteiger partial charge in [-0.15, -0.1) is 0 Å². The van der Waals surface area contributed by atoms with Crippen molar-refractivity contribution in [2.45, 2.75) is 49.9 Å². The first-order chi connectivity index (χ1) is 9.22. The van der Waals surface area contributed by atoms with Crippen molar-refractivity contribution in [2.24, 2.45) is 0 Å². The molecule has 1 aliphatic carbocycles. The average molecular weight is 265 g/mol. The van der Waals surface area contributed by atoms with Crippen molar-refractivity contribution in [3.05, 3.63) is 11.7 Å². The van der Waals surface area contributed by atoms with Gasteiger partial charge in [0.2, 0.25) is 5.89 Å². The van der Waals surface area contributed by atoms with Crippen molar-refractivity contribution < 1.29 is 14.4 Å². The molecule has 2 N–H and O–H groups in total. The third-order valence-corrected chi connectivity index (χ3v) is 4.44. The van der Waals surface area contributed by atoms with E-state index >= 15 is 0 Å². The van der Waals surface area contributed by atoms with E-state index in [1.165, 1.54) is 12.8 Å². The summed E-state index contributed by atoms with van der Waals surface area (Å²) >= 11 is 0. The number of carboxylic acid groups (broad SMARTS) is 1. The Morgan fingerprint density at radius 3 is 2.63 bits per heavy atom. The third kappa shape index (κ3) is 2.14. The van der Waals surface area contributed by atoms with Gasteiger partial charge >= 0.3 is 5.97 Å². The lowest BCUT2D eigenvalue weighted by Gasteiger charge is -2.29. The van der Waals surface area contributed by atoms with Crippen LogP contribution in [0.15, 0.2) is 4.52 Å². The second kappa shape index (κ2) is 4.92. The van der Waals surface area contributed by atoms with E-state index in [0.29, 0.717) is 43.6 Å². The number of carbonyl (C=O) groups is 1. The minimum absolute atomic E-state index is 0.295. The molecule has 19 heavy (non-hydrogen) atoms. The molecule has 1 saturated carbocycles. The number of hydrogen-bond acceptors (Lipinski definition) is 5. The standard InChI is InChI=1S/C13H19N3O3/c17-12(18)13(5-7-14-8-6-13)11-15-10(16-19-11)9-3-1-2-4-9/h9,14H,1-8H2,(H,17,18). The van der Waals surface area contributed by atoms with Gasteiger partial charge in [0.25, 0.3) is 0 Å². The number of nitrogens with zero attached hydrogens (tertiary/aromatic N) is 2. The zero-order valence-electron chi connectivity index (χ0n) is 10.9. The van der Waals surface area contributed by atoms with Gasteiger partial charge in [-0.3, -0.25) is 4.79 Å². The molecule has 6 nitrogen and oxygen atoms in total. The topological polar surface area (TPSA) is 88.2 Å². The van der Waals surface area contributed by atoms with Gasteiger partial charge < -0.3 is 14.9 Å². The van der Waals surface area contributed by atoms with Crippen LogP contribution in [0.2, 0.25) is 0 Å². The maximum atomic E-state index is 11.7. The van der Waals surface area contributed by atoms with Crippen LogP contribution in [0.1, 0.15) is 56.2 Å². The van der Waals surface area contributed by atoms with Crippen LogP contribution in [-0.2, 0) is 10.2 Å². The number of aliphatic carboxylic acids is 1. The molecule has 0 aromatic carbocycles. The van der Waals surface area contributed by atoms with Crippen LogP contribution in [0.25, 0.3) is 0 Å². The zero-order valence-corrected chi connectivity index (χ0v) is 10.9. The van der Waals surface area contributed by atoms with Crippen molar-refractivity contribution in [3.8, 4) is 0 Å². The first-order valence-electron chi connectivity index (χ1n) is 7.00. The van der Waals surface area contributed by atoms with Crippen molar-refractivity contribution in [1.29, 1.82) is 0 Å². The van der Waals surface area contributed by atoms with Crippen LogP contribution in [-0.4, -0.2) is 34.3 Å². The Balaban J connectivity index is 1.88. The number of aromatic nitrogens is 2. The molecule has 104 valence electrons. The second-order valence-electron chi connectivity index (χ2n) is 5.58. The second-order valence-corrected chi connectivity index (χ2v) is 5.58. The number of nitrogens with one attached hydrogen (secondary N) is 1. The minimum atomic E-state index is -0.991. The van der Waals surface area contributed by atoms with Crippen molar-refractivity contribution in [1.82, 2.24) is 15.5 Å². The lowest BCUT2D eigenvalue weighted by Crippen LogP contribution is -2.45. The van der Waals surface area contributed by atoms with Gasteiger partial charge in [0.1, 0.15) is 5.41 Å². The highest BCUT2D eigenvalue weighted by Gasteiger charge is 2.46. The summed E-state index contributed by atoms with van der Waals surface area (Å²) in [5.74, 6) is 0.496. The minimum Gasteiger partial charge on any atom is -0.480 e. The summed E-state index contributed by atoms with van der Waals surface area (Å²) < 4.78 is 5.31. The maximum Gasteiger partial charge on any atom is 0.319 e. The summed E-state index contributed by atoms with van der Waals surface area (Å²) in [4.78, 5) is 16.1. The fourth-order valence-electron chi connectivity index (χ4n) is 3.15. The summed E-state index contributed by atoms with van der Waals surface area (Å²) in [6, 6.07) is 0. The van der Waals surface area contributed by atoms with Crippen molar-refractivity contribution in [2.75, 3.05) is 13.1 Å². The largest absolute Gasteiger partial charge is 0.480 e. The van der Waals surface area contributed by atoms with E-state index < -0.39 is 11.4 Å². The molecule has 0 amide bonds. The number of carboxylic acids is 1. The Morgan fingerprint density at radius 1 is 1.32 bits per heavy atom. The highest BCUT2D eigenvalue weighted by atomic mass is 16.5. The zero-order chi connectivity index (χ0) is 13.3.